The Morgan fingerprint density at radius 1 is 1.22 bits per heavy atom. The van der Waals surface area contributed by atoms with Gasteiger partial charge in [0.05, 0.1) is 6.54 Å². The van der Waals surface area contributed by atoms with Crippen LogP contribution in [0.1, 0.15) is 45.1 Å². The van der Waals surface area contributed by atoms with Crippen LogP contribution < -0.4 is 0 Å². The molecule has 0 unspecified atom stereocenters. The summed E-state index contributed by atoms with van der Waals surface area (Å²) in [6.07, 6.45) is 7.10. The zero-order chi connectivity index (χ0) is 19.4. The molecule has 2 aliphatic rings. The number of amides is 2. The number of pyridine rings is 1. The first kappa shape index (κ1) is 19.8. The van der Waals surface area contributed by atoms with Crippen molar-refractivity contribution in [1.82, 2.24) is 19.7 Å². The fraction of sp³-hybridized carbons (Fsp3) is 0.667. The second kappa shape index (κ2) is 8.38. The zero-order valence-corrected chi connectivity index (χ0v) is 16.9. The standard InChI is InChI=1S/C21H32N4O2/c1-17(2)23(3)15-20(27)24-12-8-21(9-13-24)7-4-19(26)25(16-21)14-18-5-10-22-11-6-18/h5-6,10-11,17H,4,7-9,12-16H2,1-3H3. The zero-order valence-electron chi connectivity index (χ0n) is 16.9. The van der Waals surface area contributed by atoms with Gasteiger partial charge in [-0.25, -0.2) is 0 Å². The van der Waals surface area contributed by atoms with Crippen LogP contribution in [0.4, 0.5) is 0 Å². The van der Waals surface area contributed by atoms with E-state index in [9.17, 15) is 9.59 Å². The van der Waals surface area contributed by atoms with Crippen molar-refractivity contribution in [3.63, 3.8) is 0 Å². The van der Waals surface area contributed by atoms with Gasteiger partial charge < -0.3 is 9.80 Å². The highest BCUT2D eigenvalue weighted by Gasteiger charge is 2.41. The molecule has 1 aromatic rings. The van der Waals surface area contributed by atoms with Gasteiger partial charge in [-0.3, -0.25) is 19.5 Å². The van der Waals surface area contributed by atoms with Gasteiger partial charge >= 0.3 is 0 Å². The lowest BCUT2D eigenvalue weighted by molar-refractivity contribution is -0.143. The number of carbonyl (C=O) groups excluding carboxylic acids is 2. The summed E-state index contributed by atoms with van der Waals surface area (Å²) in [6.45, 7) is 7.78. The van der Waals surface area contributed by atoms with Gasteiger partial charge in [-0.2, -0.15) is 0 Å². The number of rotatable bonds is 5. The van der Waals surface area contributed by atoms with Crippen LogP contribution in [-0.2, 0) is 16.1 Å². The topological polar surface area (TPSA) is 56.8 Å². The predicted octanol–water partition coefficient (Wildman–Crippen LogP) is 2.15. The van der Waals surface area contributed by atoms with Crippen molar-refractivity contribution in [2.24, 2.45) is 5.41 Å². The van der Waals surface area contributed by atoms with Crippen molar-refractivity contribution in [2.75, 3.05) is 33.2 Å². The summed E-state index contributed by atoms with van der Waals surface area (Å²) >= 11 is 0. The monoisotopic (exact) mass is 372 g/mol. The molecule has 27 heavy (non-hydrogen) atoms. The first-order valence-corrected chi connectivity index (χ1v) is 10.0. The van der Waals surface area contributed by atoms with Crippen LogP contribution in [0.2, 0.25) is 0 Å². The third kappa shape index (κ3) is 4.86. The van der Waals surface area contributed by atoms with Gasteiger partial charge in [0.2, 0.25) is 11.8 Å². The first-order valence-electron chi connectivity index (χ1n) is 10.0. The lowest BCUT2D eigenvalue weighted by Crippen LogP contribution is -2.53. The summed E-state index contributed by atoms with van der Waals surface area (Å²) in [5.74, 6) is 0.469. The summed E-state index contributed by atoms with van der Waals surface area (Å²) in [7, 11) is 2.00. The van der Waals surface area contributed by atoms with Gasteiger partial charge in [0.25, 0.3) is 0 Å². The minimum absolute atomic E-state index is 0.168. The van der Waals surface area contributed by atoms with Gasteiger partial charge in [-0.05, 0) is 63.3 Å². The highest BCUT2D eigenvalue weighted by atomic mass is 16.2. The van der Waals surface area contributed by atoms with Crippen molar-refractivity contribution in [1.29, 1.82) is 0 Å². The Balaban J connectivity index is 1.56. The molecule has 2 saturated heterocycles. The number of nitrogens with zero attached hydrogens (tertiary/aromatic N) is 4. The maximum Gasteiger partial charge on any atom is 0.236 e. The van der Waals surface area contributed by atoms with E-state index in [0.29, 0.717) is 25.6 Å². The van der Waals surface area contributed by atoms with Gasteiger partial charge in [0, 0.05) is 51.0 Å². The highest BCUT2D eigenvalue weighted by molar-refractivity contribution is 5.79. The molecule has 1 aromatic heterocycles. The average molecular weight is 373 g/mol. The van der Waals surface area contributed by atoms with E-state index < -0.39 is 0 Å². The minimum Gasteiger partial charge on any atom is -0.342 e. The molecule has 2 amide bonds. The molecule has 0 atom stereocenters. The number of hydrogen-bond donors (Lipinski definition) is 0. The van der Waals surface area contributed by atoms with Crippen LogP contribution in [-0.4, -0.2) is 70.8 Å². The number of likely N-dealkylation sites (N-methyl/N-ethyl adjacent to an activating group) is 1. The SMILES string of the molecule is CC(C)N(C)CC(=O)N1CCC2(CCC(=O)N(Cc3ccncc3)C2)CC1. The van der Waals surface area contributed by atoms with Crippen molar-refractivity contribution in [3.8, 4) is 0 Å². The Kier molecular flexibility index (Phi) is 6.15. The summed E-state index contributed by atoms with van der Waals surface area (Å²) in [5.41, 5.74) is 1.29. The Labute approximate surface area is 162 Å². The molecule has 0 saturated carbocycles. The second-order valence-corrected chi connectivity index (χ2v) is 8.49. The van der Waals surface area contributed by atoms with Gasteiger partial charge in [-0.1, -0.05) is 0 Å². The molecule has 0 aromatic carbocycles. The molecule has 3 heterocycles. The fourth-order valence-electron chi connectivity index (χ4n) is 4.09. The van der Waals surface area contributed by atoms with E-state index >= 15 is 0 Å². The Morgan fingerprint density at radius 2 is 1.89 bits per heavy atom. The van der Waals surface area contributed by atoms with Crippen LogP contribution in [0, 0.1) is 5.41 Å². The number of piperidine rings is 2. The average Bonchev–Trinajstić information content (AvgIpc) is 2.66. The molecule has 6 nitrogen and oxygen atoms in total. The van der Waals surface area contributed by atoms with Crippen molar-refractivity contribution in [3.05, 3.63) is 30.1 Å². The largest absolute Gasteiger partial charge is 0.342 e. The molecule has 0 bridgehead atoms. The van der Waals surface area contributed by atoms with Gasteiger partial charge in [-0.15, -0.1) is 0 Å². The van der Waals surface area contributed by atoms with Crippen molar-refractivity contribution < 1.29 is 9.59 Å². The van der Waals surface area contributed by atoms with Crippen LogP contribution in [0.5, 0.6) is 0 Å². The molecule has 1 spiro atoms. The number of hydrogen-bond acceptors (Lipinski definition) is 4. The molecule has 6 heteroatoms. The van der Waals surface area contributed by atoms with E-state index in [1.54, 1.807) is 12.4 Å². The Morgan fingerprint density at radius 3 is 2.52 bits per heavy atom. The van der Waals surface area contributed by atoms with Crippen molar-refractivity contribution in [2.45, 2.75) is 52.1 Å². The number of carbonyl (C=O) groups is 2. The van der Waals surface area contributed by atoms with E-state index in [1.165, 1.54) is 0 Å². The summed E-state index contributed by atoms with van der Waals surface area (Å²) < 4.78 is 0. The first-order chi connectivity index (χ1) is 12.9. The third-order valence-corrected chi connectivity index (χ3v) is 6.31. The molecule has 0 radical (unpaired) electrons. The summed E-state index contributed by atoms with van der Waals surface area (Å²) in [4.78, 5) is 35.1. The molecule has 0 aliphatic carbocycles. The van der Waals surface area contributed by atoms with E-state index in [2.05, 4.69) is 23.7 Å². The molecule has 148 valence electrons. The second-order valence-electron chi connectivity index (χ2n) is 8.49. The summed E-state index contributed by atoms with van der Waals surface area (Å²) in [5, 5.41) is 0. The van der Waals surface area contributed by atoms with Crippen molar-refractivity contribution >= 4 is 11.8 Å². The molecular weight excluding hydrogens is 340 g/mol. The Bertz CT molecular complexity index is 653. The van der Waals surface area contributed by atoms with Crippen LogP contribution in [0.3, 0.4) is 0 Å². The smallest absolute Gasteiger partial charge is 0.236 e. The quantitative estimate of drug-likeness (QED) is 0.795. The molecule has 2 fully saturated rings. The van der Waals surface area contributed by atoms with E-state index in [1.807, 2.05) is 29.0 Å². The van der Waals surface area contributed by atoms with E-state index in [4.69, 9.17) is 0 Å². The third-order valence-electron chi connectivity index (χ3n) is 6.31. The number of likely N-dealkylation sites (tertiary alicyclic amines) is 2. The van der Waals surface area contributed by atoms with E-state index in [-0.39, 0.29) is 17.2 Å². The van der Waals surface area contributed by atoms with E-state index in [0.717, 1.165) is 44.5 Å². The lowest BCUT2D eigenvalue weighted by Gasteiger charge is -2.47. The maximum atomic E-state index is 12.6. The van der Waals surface area contributed by atoms with Crippen LogP contribution in [0.25, 0.3) is 0 Å². The number of aromatic nitrogens is 1. The predicted molar refractivity (Wildman–Crippen MR) is 105 cm³/mol. The van der Waals surface area contributed by atoms with Crippen LogP contribution >= 0.6 is 0 Å². The molecular formula is C21H32N4O2. The summed E-state index contributed by atoms with van der Waals surface area (Å²) in [6, 6.07) is 4.32. The molecule has 3 rings (SSSR count). The lowest BCUT2D eigenvalue weighted by atomic mass is 9.72. The molecule has 2 aliphatic heterocycles. The maximum absolute atomic E-state index is 12.6. The van der Waals surface area contributed by atoms with Crippen LogP contribution in [0.15, 0.2) is 24.5 Å². The molecule has 0 N–H and O–H groups in total. The Hall–Kier alpha value is -1.95. The normalized spacial score (nSPS) is 20.0. The van der Waals surface area contributed by atoms with Gasteiger partial charge in [0.1, 0.15) is 0 Å². The van der Waals surface area contributed by atoms with Gasteiger partial charge in [0.15, 0.2) is 0 Å². The minimum atomic E-state index is 0.168. The fourth-order valence-corrected chi connectivity index (χ4v) is 4.09. The highest BCUT2D eigenvalue weighted by Crippen LogP contribution is 2.40.